The summed E-state index contributed by atoms with van der Waals surface area (Å²) in [6, 6.07) is 8.86. The summed E-state index contributed by atoms with van der Waals surface area (Å²) in [5.74, 6) is -0.446. The van der Waals surface area contributed by atoms with E-state index in [1.807, 2.05) is 24.3 Å². The number of morpholine rings is 1. The van der Waals surface area contributed by atoms with Crippen molar-refractivity contribution in [2.24, 2.45) is 0 Å². The van der Waals surface area contributed by atoms with Gasteiger partial charge in [-0.1, -0.05) is 23.7 Å². The number of alkyl halides is 2. The highest BCUT2D eigenvalue weighted by atomic mass is 35.5. The van der Waals surface area contributed by atoms with Crippen LogP contribution in [0.4, 0.5) is 8.78 Å². The molecule has 0 saturated carbocycles. The summed E-state index contributed by atoms with van der Waals surface area (Å²) in [4.78, 5) is 14.6. The van der Waals surface area contributed by atoms with Gasteiger partial charge in [0.15, 0.2) is 0 Å². The molecule has 4 rings (SSSR count). The fourth-order valence-corrected chi connectivity index (χ4v) is 3.81. The van der Waals surface area contributed by atoms with Crippen LogP contribution >= 0.6 is 11.6 Å². The number of aromatic nitrogens is 2. The number of nitrogens with zero attached hydrogens (tertiary/aromatic N) is 2. The second-order valence-corrected chi connectivity index (χ2v) is 7.33. The third-order valence-electron chi connectivity index (χ3n) is 5.06. The molecule has 3 heterocycles. The molecular formula is C18H19ClF2N4O2. The van der Waals surface area contributed by atoms with E-state index in [0.29, 0.717) is 18.2 Å². The van der Waals surface area contributed by atoms with Crippen LogP contribution in [0.3, 0.4) is 0 Å². The van der Waals surface area contributed by atoms with Gasteiger partial charge in [-0.25, -0.2) is 8.78 Å². The molecule has 2 aromatic rings. The van der Waals surface area contributed by atoms with Crippen molar-refractivity contribution in [3.63, 3.8) is 0 Å². The molecule has 144 valence electrons. The fourth-order valence-electron chi connectivity index (χ4n) is 3.68. The van der Waals surface area contributed by atoms with Gasteiger partial charge in [-0.05, 0) is 30.2 Å². The molecule has 9 heteroatoms. The Morgan fingerprint density at radius 3 is 2.81 bits per heavy atom. The van der Waals surface area contributed by atoms with E-state index >= 15 is 0 Å². The normalized spacial score (nSPS) is 25.6. The number of halogens is 3. The SMILES string of the molecule is O=C(N[C@@H]1C[C@H]2CO[C@@H](c3ccc(Cl)cc3)CN2C1)c1cc(C(F)F)[nH]n1. The Hall–Kier alpha value is -2.03. The van der Waals surface area contributed by atoms with Crippen LogP contribution in [0.15, 0.2) is 30.3 Å². The fraction of sp³-hybridized carbons (Fsp3) is 0.444. The predicted octanol–water partition coefficient (Wildman–Crippen LogP) is 2.94. The van der Waals surface area contributed by atoms with Gasteiger partial charge in [0.25, 0.3) is 12.3 Å². The maximum absolute atomic E-state index is 12.6. The van der Waals surface area contributed by atoms with Crippen LogP contribution in [0.25, 0.3) is 0 Å². The van der Waals surface area contributed by atoms with Crippen LogP contribution in [0.5, 0.6) is 0 Å². The molecule has 2 saturated heterocycles. The van der Waals surface area contributed by atoms with Crippen LogP contribution < -0.4 is 5.32 Å². The summed E-state index contributed by atoms with van der Waals surface area (Å²) >= 11 is 5.94. The molecule has 3 atom stereocenters. The van der Waals surface area contributed by atoms with Gasteiger partial charge < -0.3 is 10.1 Å². The average molecular weight is 397 g/mol. The highest BCUT2D eigenvalue weighted by molar-refractivity contribution is 6.30. The van der Waals surface area contributed by atoms with Crippen molar-refractivity contribution >= 4 is 17.5 Å². The second-order valence-electron chi connectivity index (χ2n) is 6.90. The van der Waals surface area contributed by atoms with Crippen LogP contribution in [-0.4, -0.2) is 52.8 Å². The lowest BCUT2D eigenvalue weighted by Gasteiger charge is -2.35. The highest BCUT2D eigenvalue weighted by Crippen LogP contribution is 2.31. The van der Waals surface area contributed by atoms with E-state index in [2.05, 4.69) is 20.4 Å². The first-order valence-electron chi connectivity index (χ1n) is 8.75. The maximum atomic E-state index is 12.6. The van der Waals surface area contributed by atoms with E-state index in [4.69, 9.17) is 16.3 Å². The number of aromatic amines is 1. The summed E-state index contributed by atoms with van der Waals surface area (Å²) in [5, 5.41) is 9.42. The minimum absolute atomic E-state index is 0.0227. The first-order chi connectivity index (χ1) is 13.0. The highest BCUT2D eigenvalue weighted by Gasteiger charge is 2.38. The van der Waals surface area contributed by atoms with Crippen LogP contribution in [-0.2, 0) is 4.74 Å². The molecule has 1 aromatic heterocycles. The third-order valence-corrected chi connectivity index (χ3v) is 5.31. The zero-order valence-electron chi connectivity index (χ0n) is 14.4. The monoisotopic (exact) mass is 396 g/mol. The number of ether oxygens (including phenoxy) is 1. The Morgan fingerprint density at radius 1 is 1.33 bits per heavy atom. The largest absolute Gasteiger partial charge is 0.371 e. The number of hydrogen-bond acceptors (Lipinski definition) is 4. The number of carbonyl (C=O) groups excluding carboxylic acids is 1. The number of nitrogens with one attached hydrogen (secondary N) is 2. The van der Waals surface area contributed by atoms with Crippen molar-refractivity contribution in [3.05, 3.63) is 52.3 Å². The van der Waals surface area contributed by atoms with Gasteiger partial charge in [0.1, 0.15) is 11.4 Å². The van der Waals surface area contributed by atoms with Gasteiger partial charge in [0.05, 0.1) is 12.7 Å². The van der Waals surface area contributed by atoms with E-state index in [-0.39, 0.29) is 29.6 Å². The quantitative estimate of drug-likeness (QED) is 0.833. The number of rotatable bonds is 4. The predicted molar refractivity (Wildman–Crippen MR) is 94.9 cm³/mol. The van der Waals surface area contributed by atoms with Gasteiger partial charge in [0.2, 0.25) is 0 Å². The number of amides is 1. The van der Waals surface area contributed by atoms with Gasteiger partial charge in [-0.3, -0.25) is 14.8 Å². The lowest BCUT2D eigenvalue weighted by Crippen LogP contribution is -2.43. The van der Waals surface area contributed by atoms with Crippen molar-refractivity contribution in [1.82, 2.24) is 20.4 Å². The molecule has 0 spiro atoms. The van der Waals surface area contributed by atoms with Gasteiger partial charge >= 0.3 is 0 Å². The van der Waals surface area contributed by atoms with Crippen molar-refractivity contribution in [2.45, 2.75) is 31.0 Å². The third kappa shape index (κ3) is 3.97. The van der Waals surface area contributed by atoms with Crippen LogP contribution in [0.2, 0.25) is 5.02 Å². The molecule has 0 bridgehead atoms. The number of hydrogen-bond donors (Lipinski definition) is 2. The molecule has 1 amide bonds. The Kier molecular flexibility index (Phi) is 5.12. The van der Waals surface area contributed by atoms with Crippen molar-refractivity contribution in [1.29, 1.82) is 0 Å². The first kappa shape index (κ1) is 18.3. The van der Waals surface area contributed by atoms with Crippen molar-refractivity contribution in [2.75, 3.05) is 19.7 Å². The number of H-pyrrole nitrogens is 1. The summed E-state index contributed by atoms with van der Waals surface area (Å²) < 4.78 is 31.2. The van der Waals surface area contributed by atoms with E-state index < -0.39 is 12.3 Å². The minimum atomic E-state index is -2.68. The molecule has 27 heavy (non-hydrogen) atoms. The zero-order valence-corrected chi connectivity index (χ0v) is 15.1. The van der Waals surface area contributed by atoms with E-state index in [1.54, 1.807) is 0 Å². The lowest BCUT2D eigenvalue weighted by atomic mass is 10.1. The van der Waals surface area contributed by atoms with E-state index in [1.165, 1.54) is 0 Å². The Labute approximate surface area is 159 Å². The van der Waals surface area contributed by atoms with Crippen molar-refractivity contribution < 1.29 is 18.3 Å². The zero-order chi connectivity index (χ0) is 19.0. The topological polar surface area (TPSA) is 70.2 Å². The molecule has 1 aromatic carbocycles. The molecule has 2 aliphatic heterocycles. The van der Waals surface area contributed by atoms with Crippen LogP contribution in [0.1, 0.15) is 40.7 Å². The summed E-state index contributed by atoms with van der Waals surface area (Å²) in [5.41, 5.74) is 0.690. The summed E-state index contributed by atoms with van der Waals surface area (Å²) in [6.07, 6.45) is -1.96. The molecule has 2 N–H and O–H groups in total. The number of fused-ring (bicyclic) bond motifs is 1. The molecule has 0 unspecified atom stereocenters. The Morgan fingerprint density at radius 2 is 2.11 bits per heavy atom. The average Bonchev–Trinajstić information content (AvgIpc) is 3.28. The van der Waals surface area contributed by atoms with Crippen LogP contribution in [0, 0.1) is 0 Å². The molecule has 2 fully saturated rings. The van der Waals surface area contributed by atoms with Crippen molar-refractivity contribution in [3.8, 4) is 0 Å². The Balaban J connectivity index is 1.35. The smallest absolute Gasteiger partial charge is 0.279 e. The standard InChI is InChI=1S/C18H19ClF2N4O2/c19-11-3-1-10(2-4-11)16-8-25-7-12(5-13(25)9-27-16)22-18(26)15-6-14(17(20)21)23-24-15/h1-4,6,12-13,16-17H,5,7-9H2,(H,22,26)(H,23,24)/t12-,13+,16-/m1/s1. The molecular weight excluding hydrogens is 378 g/mol. The molecule has 0 radical (unpaired) electrons. The summed E-state index contributed by atoms with van der Waals surface area (Å²) in [7, 11) is 0. The number of benzene rings is 1. The summed E-state index contributed by atoms with van der Waals surface area (Å²) in [6.45, 7) is 2.00. The second kappa shape index (κ2) is 7.53. The van der Waals surface area contributed by atoms with Gasteiger partial charge in [0, 0.05) is 30.2 Å². The van der Waals surface area contributed by atoms with Gasteiger partial charge in [-0.15, -0.1) is 0 Å². The minimum Gasteiger partial charge on any atom is -0.371 e. The maximum Gasteiger partial charge on any atom is 0.279 e. The molecule has 6 nitrogen and oxygen atoms in total. The molecule has 2 aliphatic rings. The molecule has 0 aliphatic carbocycles. The first-order valence-corrected chi connectivity index (χ1v) is 9.13. The Bertz CT molecular complexity index is 814. The van der Waals surface area contributed by atoms with E-state index in [9.17, 15) is 13.6 Å². The van der Waals surface area contributed by atoms with Gasteiger partial charge in [-0.2, -0.15) is 5.10 Å². The number of carbonyl (C=O) groups is 1. The van der Waals surface area contributed by atoms with E-state index in [0.717, 1.165) is 24.6 Å². The lowest BCUT2D eigenvalue weighted by molar-refractivity contribution is -0.0502.